The highest BCUT2D eigenvalue weighted by Crippen LogP contribution is 2.18. The van der Waals surface area contributed by atoms with Crippen molar-refractivity contribution in [1.29, 1.82) is 0 Å². The Kier molecular flexibility index (Phi) is 6.66. The summed E-state index contributed by atoms with van der Waals surface area (Å²) in [6.07, 6.45) is 7.98. The molecule has 2 fully saturated rings. The number of likely N-dealkylation sites (tertiary alicyclic amines) is 2. The molecule has 0 unspecified atom stereocenters. The largest absolute Gasteiger partial charge is 0.367 e. The highest BCUT2D eigenvalue weighted by Gasteiger charge is 2.22. The predicted octanol–water partition coefficient (Wildman–Crippen LogP) is 1.82. The van der Waals surface area contributed by atoms with E-state index in [0.29, 0.717) is 11.9 Å². The SMILES string of the molecule is CN(C)c1cc(NC2CCN(CCN3CCCCCC3=O)CC2)ncn1. The molecule has 3 heterocycles. The van der Waals surface area contributed by atoms with Crippen LogP contribution < -0.4 is 10.2 Å². The van der Waals surface area contributed by atoms with Gasteiger partial charge in [-0.1, -0.05) is 6.42 Å². The zero-order valence-electron chi connectivity index (χ0n) is 16.2. The second-order valence-corrected chi connectivity index (χ2v) is 7.61. The molecular weight excluding hydrogens is 328 g/mol. The van der Waals surface area contributed by atoms with Crippen molar-refractivity contribution in [3.05, 3.63) is 12.4 Å². The Morgan fingerprint density at radius 3 is 2.69 bits per heavy atom. The minimum Gasteiger partial charge on any atom is -0.367 e. The van der Waals surface area contributed by atoms with Crippen LogP contribution in [0.1, 0.15) is 38.5 Å². The van der Waals surface area contributed by atoms with E-state index in [1.54, 1.807) is 6.33 Å². The van der Waals surface area contributed by atoms with E-state index in [-0.39, 0.29) is 0 Å². The molecule has 1 aromatic heterocycles. The van der Waals surface area contributed by atoms with Gasteiger partial charge in [-0.05, 0) is 25.7 Å². The highest BCUT2D eigenvalue weighted by atomic mass is 16.2. The standard InChI is InChI=1S/C19H32N6O/c1-23(2)18-14-17(20-15-21-18)22-16-7-10-24(11-8-16)12-13-25-9-5-3-4-6-19(25)26/h14-16H,3-13H2,1-2H3,(H,20,21,22). The number of hydrogen-bond donors (Lipinski definition) is 1. The molecule has 2 aliphatic heterocycles. The Morgan fingerprint density at radius 1 is 1.12 bits per heavy atom. The van der Waals surface area contributed by atoms with Crippen LogP contribution in [0.25, 0.3) is 0 Å². The molecule has 0 spiro atoms. The lowest BCUT2D eigenvalue weighted by Crippen LogP contribution is -2.44. The Labute approximate surface area is 156 Å². The monoisotopic (exact) mass is 360 g/mol. The summed E-state index contributed by atoms with van der Waals surface area (Å²) in [5, 5.41) is 3.55. The number of carbonyl (C=O) groups is 1. The molecule has 144 valence electrons. The zero-order chi connectivity index (χ0) is 18.4. The molecule has 7 heteroatoms. The molecule has 7 nitrogen and oxygen atoms in total. The summed E-state index contributed by atoms with van der Waals surface area (Å²) in [7, 11) is 3.97. The minimum absolute atomic E-state index is 0.347. The van der Waals surface area contributed by atoms with Crippen molar-refractivity contribution in [1.82, 2.24) is 19.8 Å². The normalized spacial score (nSPS) is 20.1. The van der Waals surface area contributed by atoms with Gasteiger partial charge in [-0.3, -0.25) is 4.79 Å². The fourth-order valence-corrected chi connectivity index (χ4v) is 3.72. The first-order valence-corrected chi connectivity index (χ1v) is 9.88. The van der Waals surface area contributed by atoms with Crippen molar-refractivity contribution in [2.24, 2.45) is 0 Å². The third-order valence-corrected chi connectivity index (χ3v) is 5.41. The Bertz CT molecular complexity index is 585. The number of hydrogen-bond acceptors (Lipinski definition) is 6. The molecule has 0 aromatic carbocycles. The van der Waals surface area contributed by atoms with Gasteiger partial charge in [0.1, 0.15) is 18.0 Å². The molecule has 0 bridgehead atoms. The smallest absolute Gasteiger partial charge is 0.222 e. The van der Waals surface area contributed by atoms with Crippen LogP contribution >= 0.6 is 0 Å². The molecule has 0 radical (unpaired) electrons. The lowest BCUT2D eigenvalue weighted by atomic mass is 10.1. The first kappa shape index (κ1) is 18.9. The van der Waals surface area contributed by atoms with Crippen LogP contribution in [0.5, 0.6) is 0 Å². The second-order valence-electron chi connectivity index (χ2n) is 7.61. The van der Waals surface area contributed by atoms with E-state index in [0.717, 1.165) is 76.5 Å². The van der Waals surface area contributed by atoms with Crippen molar-refractivity contribution in [2.45, 2.75) is 44.6 Å². The predicted molar refractivity (Wildman–Crippen MR) is 104 cm³/mol. The lowest BCUT2D eigenvalue weighted by molar-refractivity contribution is -0.130. The molecule has 1 N–H and O–H groups in total. The maximum atomic E-state index is 12.1. The summed E-state index contributed by atoms with van der Waals surface area (Å²) in [6.45, 7) is 4.97. The van der Waals surface area contributed by atoms with Gasteiger partial charge in [0.05, 0.1) is 0 Å². The Morgan fingerprint density at radius 2 is 1.92 bits per heavy atom. The molecule has 1 aromatic rings. The van der Waals surface area contributed by atoms with Gasteiger partial charge in [0.25, 0.3) is 0 Å². The fraction of sp³-hybridized carbons (Fsp3) is 0.737. The van der Waals surface area contributed by atoms with Crippen molar-refractivity contribution in [2.75, 3.05) is 57.0 Å². The van der Waals surface area contributed by atoms with E-state index in [1.807, 2.05) is 25.1 Å². The second kappa shape index (κ2) is 9.16. The topological polar surface area (TPSA) is 64.6 Å². The average Bonchev–Trinajstić information content (AvgIpc) is 2.85. The molecule has 0 saturated carbocycles. The average molecular weight is 361 g/mol. The van der Waals surface area contributed by atoms with Crippen LogP contribution in [-0.4, -0.2) is 78.5 Å². The summed E-state index contributed by atoms with van der Waals surface area (Å²) >= 11 is 0. The number of nitrogens with one attached hydrogen (secondary N) is 1. The number of aromatic nitrogens is 2. The van der Waals surface area contributed by atoms with Crippen molar-refractivity contribution < 1.29 is 4.79 Å². The van der Waals surface area contributed by atoms with E-state index in [2.05, 4.69) is 25.1 Å². The summed E-state index contributed by atoms with van der Waals surface area (Å²) < 4.78 is 0. The molecule has 0 aliphatic carbocycles. The van der Waals surface area contributed by atoms with E-state index in [9.17, 15) is 4.79 Å². The molecule has 3 rings (SSSR count). The van der Waals surface area contributed by atoms with Crippen LogP contribution in [0, 0.1) is 0 Å². The first-order valence-electron chi connectivity index (χ1n) is 9.88. The van der Waals surface area contributed by atoms with Crippen LogP contribution in [0.2, 0.25) is 0 Å². The zero-order valence-corrected chi connectivity index (χ0v) is 16.2. The van der Waals surface area contributed by atoms with E-state index in [1.165, 1.54) is 6.42 Å². The summed E-state index contributed by atoms with van der Waals surface area (Å²) in [4.78, 5) is 27.2. The number of piperidine rings is 1. The quantitative estimate of drug-likeness (QED) is 0.835. The Hall–Kier alpha value is -1.89. The van der Waals surface area contributed by atoms with Crippen LogP contribution in [-0.2, 0) is 4.79 Å². The molecule has 2 saturated heterocycles. The van der Waals surface area contributed by atoms with Gasteiger partial charge in [0, 0.05) is 65.3 Å². The van der Waals surface area contributed by atoms with Crippen LogP contribution in [0.15, 0.2) is 12.4 Å². The summed E-state index contributed by atoms with van der Waals surface area (Å²) in [5.74, 6) is 2.17. The highest BCUT2D eigenvalue weighted by molar-refractivity contribution is 5.76. The van der Waals surface area contributed by atoms with Crippen molar-refractivity contribution >= 4 is 17.5 Å². The van der Waals surface area contributed by atoms with E-state index < -0.39 is 0 Å². The van der Waals surface area contributed by atoms with Crippen LogP contribution in [0.4, 0.5) is 11.6 Å². The lowest BCUT2D eigenvalue weighted by Gasteiger charge is -2.34. The Balaban J connectivity index is 1.41. The minimum atomic E-state index is 0.347. The van der Waals surface area contributed by atoms with E-state index in [4.69, 9.17) is 0 Å². The molecule has 0 atom stereocenters. The number of anilines is 2. The maximum absolute atomic E-state index is 12.1. The third kappa shape index (κ3) is 5.30. The van der Waals surface area contributed by atoms with Gasteiger partial charge < -0.3 is 20.0 Å². The molecule has 1 amide bonds. The third-order valence-electron chi connectivity index (χ3n) is 5.41. The van der Waals surface area contributed by atoms with E-state index >= 15 is 0 Å². The van der Waals surface area contributed by atoms with Gasteiger partial charge in [-0.2, -0.15) is 0 Å². The number of nitrogens with zero attached hydrogens (tertiary/aromatic N) is 5. The summed E-state index contributed by atoms with van der Waals surface area (Å²) in [6, 6.07) is 2.45. The van der Waals surface area contributed by atoms with Crippen molar-refractivity contribution in [3.63, 3.8) is 0 Å². The van der Waals surface area contributed by atoms with Crippen LogP contribution in [0.3, 0.4) is 0 Å². The fourth-order valence-electron chi connectivity index (χ4n) is 3.72. The van der Waals surface area contributed by atoms with Gasteiger partial charge in [0.2, 0.25) is 5.91 Å². The van der Waals surface area contributed by atoms with Gasteiger partial charge in [-0.25, -0.2) is 9.97 Å². The number of amides is 1. The molecule has 2 aliphatic rings. The van der Waals surface area contributed by atoms with Gasteiger partial charge in [-0.15, -0.1) is 0 Å². The first-order chi connectivity index (χ1) is 12.6. The summed E-state index contributed by atoms with van der Waals surface area (Å²) in [5.41, 5.74) is 0. The maximum Gasteiger partial charge on any atom is 0.222 e. The number of rotatable bonds is 6. The van der Waals surface area contributed by atoms with Crippen molar-refractivity contribution in [3.8, 4) is 0 Å². The molecular formula is C19H32N6O. The van der Waals surface area contributed by atoms with Gasteiger partial charge >= 0.3 is 0 Å². The molecule has 26 heavy (non-hydrogen) atoms. The van der Waals surface area contributed by atoms with Gasteiger partial charge in [0.15, 0.2) is 0 Å². The number of carbonyl (C=O) groups excluding carboxylic acids is 1.